The summed E-state index contributed by atoms with van der Waals surface area (Å²) < 4.78 is 2.14. The molecule has 0 atom stereocenters. The van der Waals surface area contributed by atoms with E-state index < -0.39 is 0 Å². The summed E-state index contributed by atoms with van der Waals surface area (Å²) in [5.74, 6) is -0.295. The van der Waals surface area contributed by atoms with Gasteiger partial charge < -0.3 is 5.32 Å². The number of hydrogen-bond acceptors (Lipinski definition) is 5. The number of benzene rings is 1. The van der Waals surface area contributed by atoms with E-state index in [1.165, 1.54) is 11.0 Å². The summed E-state index contributed by atoms with van der Waals surface area (Å²) in [7, 11) is 0. The van der Waals surface area contributed by atoms with Crippen molar-refractivity contribution in [2.45, 2.75) is 0 Å². The van der Waals surface area contributed by atoms with Crippen LogP contribution in [-0.4, -0.2) is 31.1 Å². The van der Waals surface area contributed by atoms with Crippen molar-refractivity contribution in [3.8, 4) is 5.69 Å². The Labute approximate surface area is 128 Å². The molecule has 8 heteroatoms. The summed E-state index contributed by atoms with van der Waals surface area (Å²) in [6, 6.07) is 10.7. The summed E-state index contributed by atoms with van der Waals surface area (Å²) in [4.78, 5) is 16.2. The third-order valence-corrected chi connectivity index (χ3v) is 3.33. The number of halogens is 1. The second-order valence-corrected chi connectivity index (χ2v) is 4.95. The molecule has 1 N–H and O–H groups in total. The molecule has 0 aliphatic carbocycles. The average molecular weight is 345 g/mol. The van der Waals surface area contributed by atoms with Gasteiger partial charge in [-0.3, -0.25) is 4.79 Å². The fourth-order valence-corrected chi connectivity index (χ4v) is 2.18. The third-order valence-electron chi connectivity index (χ3n) is 2.69. The van der Waals surface area contributed by atoms with E-state index in [0.29, 0.717) is 15.9 Å². The summed E-state index contributed by atoms with van der Waals surface area (Å²) in [5.41, 5.74) is 1.70. The minimum atomic E-state index is -0.295. The number of amides is 1. The van der Waals surface area contributed by atoms with Gasteiger partial charge in [0.25, 0.3) is 5.91 Å². The van der Waals surface area contributed by atoms with E-state index in [9.17, 15) is 4.79 Å². The Kier molecular flexibility index (Phi) is 3.69. The predicted octanol–water partition coefficient (Wildman–Crippen LogP) is 2.07. The highest BCUT2D eigenvalue weighted by Crippen LogP contribution is 2.17. The molecule has 0 spiro atoms. The Hall–Kier alpha value is -2.61. The van der Waals surface area contributed by atoms with Gasteiger partial charge in [-0.05, 0) is 56.7 Å². The molecule has 7 nitrogen and oxygen atoms in total. The van der Waals surface area contributed by atoms with Crippen LogP contribution < -0.4 is 5.32 Å². The van der Waals surface area contributed by atoms with Crippen molar-refractivity contribution in [3.63, 3.8) is 0 Å². The molecule has 3 rings (SSSR count). The van der Waals surface area contributed by atoms with Crippen molar-refractivity contribution >= 4 is 27.5 Å². The zero-order valence-electron chi connectivity index (χ0n) is 10.6. The van der Waals surface area contributed by atoms with E-state index in [-0.39, 0.29) is 5.91 Å². The van der Waals surface area contributed by atoms with Crippen LogP contribution in [0.15, 0.2) is 53.4 Å². The molecule has 0 aliphatic heterocycles. The quantitative estimate of drug-likeness (QED) is 0.785. The first-order valence-electron chi connectivity index (χ1n) is 5.99. The topological polar surface area (TPSA) is 85.6 Å². The summed E-state index contributed by atoms with van der Waals surface area (Å²) in [6.45, 7) is 0. The first kappa shape index (κ1) is 13.4. The average Bonchev–Trinajstić information content (AvgIpc) is 3.02. The molecule has 1 aromatic carbocycles. The molecule has 0 fully saturated rings. The zero-order chi connectivity index (χ0) is 14.7. The molecule has 0 radical (unpaired) electrons. The Morgan fingerprint density at radius 2 is 2.14 bits per heavy atom. The van der Waals surface area contributed by atoms with Crippen molar-refractivity contribution in [1.29, 1.82) is 0 Å². The fourth-order valence-electron chi connectivity index (χ4n) is 1.75. The van der Waals surface area contributed by atoms with Crippen molar-refractivity contribution in [2.24, 2.45) is 0 Å². The summed E-state index contributed by atoms with van der Waals surface area (Å²) in [6.07, 6.45) is 3.05. The molecule has 21 heavy (non-hydrogen) atoms. The SMILES string of the molecule is O=C(Nc1cccc(-n2cnnn2)c1)c1ncccc1Br. The van der Waals surface area contributed by atoms with E-state index in [4.69, 9.17) is 0 Å². The first-order valence-corrected chi connectivity index (χ1v) is 6.78. The molecular formula is C13H9BrN6O. The van der Waals surface area contributed by atoms with Gasteiger partial charge in [0.2, 0.25) is 0 Å². The number of tetrazole rings is 1. The highest BCUT2D eigenvalue weighted by molar-refractivity contribution is 9.10. The smallest absolute Gasteiger partial charge is 0.275 e. The van der Waals surface area contributed by atoms with E-state index in [0.717, 1.165) is 5.69 Å². The lowest BCUT2D eigenvalue weighted by Crippen LogP contribution is -2.14. The Morgan fingerprint density at radius 3 is 2.90 bits per heavy atom. The molecule has 0 saturated heterocycles. The van der Waals surface area contributed by atoms with Gasteiger partial charge in [-0.25, -0.2) is 9.67 Å². The molecule has 0 unspecified atom stereocenters. The van der Waals surface area contributed by atoms with E-state index in [1.54, 1.807) is 36.5 Å². The number of anilines is 1. The number of rotatable bonds is 3. The highest BCUT2D eigenvalue weighted by Gasteiger charge is 2.11. The van der Waals surface area contributed by atoms with Gasteiger partial charge in [0.15, 0.2) is 0 Å². The number of hydrogen-bond donors (Lipinski definition) is 1. The highest BCUT2D eigenvalue weighted by atomic mass is 79.9. The van der Waals surface area contributed by atoms with Gasteiger partial charge in [-0.15, -0.1) is 5.10 Å². The van der Waals surface area contributed by atoms with Crippen LogP contribution in [0.3, 0.4) is 0 Å². The van der Waals surface area contributed by atoms with Gasteiger partial charge in [-0.1, -0.05) is 6.07 Å². The lowest BCUT2D eigenvalue weighted by molar-refractivity contribution is 0.102. The predicted molar refractivity (Wildman–Crippen MR) is 79.0 cm³/mol. The van der Waals surface area contributed by atoms with Crippen LogP contribution in [0.2, 0.25) is 0 Å². The zero-order valence-corrected chi connectivity index (χ0v) is 12.2. The minimum Gasteiger partial charge on any atom is -0.321 e. The van der Waals surface area contributed by atoms with Gasteiger partial charge in [-0.2, -0.15) is 0 Å². The maximum absolute atomic E-state index is 12.2. The number of carbonyl (C=O) groups is 1. The third kappa shape index (κ3) is 2.95. The van der Waals surface area contributed by atoms with Crippen LogP contribution in [0, 0.1) is 0 Å². The molecule has 2 heterocycles. The van der Waals surface area contributed by atoms with Gasteiger partial charge in [0.1, 0.15) is 12.0 Å². The van der Waals surface area contributed by atoms with Crippen LogP contribution in [0.25, 0.3) is 5.69 Å². The van der Waals surface area contributed by atoms with Crippen LogP contribution in [-0.2, 0) is 0 Å². The first-order chi connectivity index (χ1) is 10.2. The summed E-state index contributed by atoms with van der Waals surface area (Å²) >= 11 is 3.30. The standard InChI is InChI=1S/C13H9BrN6O/c14-11-5-2-6-15-12(11)13(21)17-9-3-1-4-10(7-9)20-8-16-18-19-20/h1-8H,(H,17,21). The fraction of sp³-hybridized carbons (Fsp3) is 0. The maximum atomic E-state index is 12.2. The van der Waals surface area contributed by atoms with Crippen molar-refractivity contribution in [1.82, 2.24) is 25.2 Å². The number of pyridine rings is 1. The monoisotopic (exact) mass is 344 g/mol. The second-order valence-electron chi connectivity index (χ2n) is 4.09. The molecule has 1 amide bonds. The van der Waals surface area contributed by atoms with Crippen LogP contribution in [0.1, 0.15) is 10.5 Å². The van der Waals surface area contributed by atoms with Crippen LogP contribution >= 0.6 is 15.9 Å². The van der Waals surface area contributed by atoms with E-state index in [1.807, 2.05) is 6.07 Å². The van der Waals surface area contributed by atoms with Gasteiger partial charge in [0, 0.05) is 16.4 Å². The van der Waals surface area contributed by atoms with Gasteiger partial charge in [0.05, 0.1) is 5.69 Å². The van der Waals surface area contributed by atoms with Crippen molar-refractivity contribution in [3.05, 3.63) is 59.1 Å². The Morgan fingerprint density at radius 1 is 1.24 bits per heavy atom. The molecular weight excluding hydrogens is 336 g/mol. The van der Waals surface area contributed by atoms with Gasteiger partial charge >= 0.3 is 0 Å². The molecule has 0 aliphatic rings. The second kappa shape index (κ2) is 5.80. The lowest BCUT2D eigenvalue weighted by Gasteiger charge is -2.07. The molecule has 3 aromatic rings. The minimum absolute atomic E-state index is 0.295. The van der Waals surface area contributed by atoms with Crippen molar-refractivity contribution in [2.75, 3.05) is 5.32 Å². The molecule has 2 aromatic heterocycles. The van der Waals surface area contributed by atoms with Crippen LogP contribution in [0.4, 0.5) is 5.69 Å². The van der Waals surface area contributed by atoms with Crippen molar-refractivity contribution < 1.29 is 4.79 Å². The van der Waals surface area contributed by atoms with E-state index >= 15 is 0 Å². The van der Waals surface area contributed by atoms with Crippen LogP contribution in [0.5, 0.6) is 0 Å². The van der Waals surface area contributed by atoms with E-state index in [2.05, 4.69) is 41.8 Å². The number of nitrogens with zero attached hydrogens (tertiary/aromatic N) is 5. The number of carbonyl (C=O) groups excluding carboxylic acids is 1. The Bertz CT molecular complexity index is 774. The number of nitrogens with one attached hydrogen (secondary N) is 1. The largest absolute Gasteiger partial charge is 0.321 e. The maximum Gasteiger partial charge on any atom is 0.275 e. The number of aromatic nitrogens is 5. The molecule has 0 saturated carbocycles. The lowest BCUT2D eigenvalue weighted by atomic mass is 10.2. The summed E-state index contributed by atoms with van der Waals surface area (Å²) in [5, 5.41) is 13.7. The Balaban J connectivity index is 1.84. The molecule has 0 bridgehead atoms. The normalized spacial score (nSPS) is 10.3. The molecule has 104 valence electrons.